The molecule has 1 aromatic heterocycles. The van der Waals surface area contributed by atoms with Crippen LogP contribution in [0.4, 0.5) is 0 Å². The third kappa shape index (κ3) is 2.59. The van der Waals surface area contributed by atoms with Gasteiger partial charge >= 0.3 is 0 Å². The van der Waals surface area contributed by atoms with E-state index in [0.29, 0.717) is 0 Å². The summed E-state index contributed by atoms with van der Waals surface area (Å²) in [7, 11) is 0. The molecule has 1 amide bonds. The maximum Gasteiger partial charge on any atom is 0.239 e. The average molecular weight is 289 g/mol. The van der Waals surface area contributed by atoms with E-state index in [-0.39, 0.29) is 11.9 Å². The second kappa shape index (κ2) is 4.63. The first-order valence-corrected chi connectivity index (χ1v) is 6.59. The smallest absolute Gasteiger partial charge is 0.239 e. The Morgan fingerprint density at radius 1 is 1.73 bits per heavy atom. The van der Waals surface area contributed by atoms with Crippen molar-refractivity contribution in [1.82, 2.24) is 10.2 Å². The zero-order valence-corrected chi connectivity index (χ0v) is 10.9. The van der Waals surface area contributed by atoms with Gasteiger partial charge in [-0.05, 0) is 28.9 Å². The molecule has 0 radical (unpaired) electrons. The summed E-state index contributed by atoms with van der Waals surface area (Å²) in [6.07, 6.45) is 0. The van der Waals surface area contributed by atoms with Crippen molar-refractivity contribution in [1.29, 1.82) is 0 Å². The van der Waals surface area contributed by atoms with Gasteiger partial charge < -0.3 is 10.2 Å². The van der Waals surface area contributed by atoms with Crippen LogP contribution in [0, 0.1) is 0 Å². The Morgan fingerprint density at radius 3 is 3.20 bits per heavy atom. The summed E-state index contributed by atoms with van der Waals surface area (Å²) in [4.78, 5) is 14.9. The first-order chi connectivity index (χ1) is 7.16. The molecule has 82 valence electrons. The Bertz CT molecular complexity index is 366. The van der Waals surface area contributed by atoms with Gasteiger partial charge in [-0.25, -0.2) is 0 Å². The number of carbonyl (C=O) groups is 1. The van der Waals surface area contributed by atoms with Crippen LogP contribution in [-0.4, -0.2) is 29.9 Å². The summed E-state index contributed by atoms with van der Waals surface area (Å²) in [6.45, 7) is 4.35. The third-order valence-corrected chi connectivity index (χ3v) is 4.17. The van der Waals surface area contributed by atoms with Crippen molar-refractivity contribution < 1.29 is 4.79 Å². The van der Waals surface area contributed by atoms with Crippen LogP contribution in [-0.2, 0) is 11.3 Å². The van der Waals surface area contributed by atoms with Crippen LogP contribution in [0.15, 0.2) is 15.9 Å². The maximum atomic E-state index is 11.8. The maximum absolute atomic E-state index is 11.8. The normalized spacial score (nSPS) is 22.1. The summed E-state index contributed by atoms with van der Waals surface area (Å²) < 4.78 is 1.10. The first kappa shape index (κ1) is 11.1. The Morgan fingerprint density at radius 2 is 2.53 bits per heavy atom. The molecule has 1 aromatic rings. The van der Waals surface area contributed by atoms with Crippen molar-refractivity contribution in [3.05, 3.63) is 20.8 Å². The van der Waals surface area contributed by atoms with E-state index >= 15 is 0 Å². The average Bonchev–Trinajstić information content (AvgIpc) is 2.59. The van der Waals surface area contributed by atoms with E-state index in [1.165, 1.54) is 4.88 Å². The lowest BCUT2D eigenvalue weighted by molar-refractivity contribution is -0.135. The quantitative estimate of drug-likeness (QED) is 0.901. The summed E-state index contributed by atoms with van der Waals surface area (Å²) >= 11 is 5.10. The number of thiophene rings is 1. The number of nitrogens with zero attached hydrogens (tertiary/aromatic N) is 1. The van der Waals surface area contributed by atoms with Gasteiger partial charge in [0, 0.05) is 27.8 Å². The first-order valence-electron chi connectivity index (χ1n) is 4.92. The molecule has 0 spiro atoms. The molecule has 1 fully saturated rings. The van der Waals surface area contributed by atoms with E-state index in [4.69, 9.17) is 0 Å². The fourth-order valence-corrected chi connectivity index (χ4v) is 3.13. The van der Waals surface area contributed by atoms with Gasteiger partial charge in [-0.15, -0.1) is 11.3 Å². The molecule has 0 bridgehead atoms. The number of amides is 1. The van der Waals surface area contributed by atoms with E-state index in [2.05, 4.69) is 27.3 Å². The molecule has 1 saturated heterocycles. The number of rotatable bonds is 2. The molecular weight excluding hydrogens is 276 g/mol. The van der Waals surface area contributed by atoms with Gasteiger partial charge in [0.1, 0.15) is 0 Å². The lowest BCUT2D eigenvalue weighted by atomic mass is 10.2. The third-order valence-electron chi connectivity index (χ3n) is 2.48. The largest absolute Gasteiger partial charge is 0.335 e. The number of hydrogen-bond donors (Lipinski definition) is 1. The van der Waals surface area contributed by atoms with Crippen LogP contribution in [0.5, 0.6) is 0 Å². The van der Waals surface area contributed by atoms with Crippen molar-refractivity contribution >= 4 is 33.2 Å². The van der Waals surface area contributed by atoms with Gasteiger partial charge in [-0.2, -0.15) is 0 Å². The molecule has 1 aliphatic rings. The van der Waals surface area contributed by atoms with Gasteiger partial charge in [0.25, 0.3) is 0 Å². The van der Waals surface area contributed by atoms with E-state index < -0.39 is 0 Å². The summed E-state index contributed by atoms with van der Waals surface area (Å²) in [5.41, 5.74) is 0. The van der Waals surface area contributed by atoms with Crippen LogP contribution in [0.2, 0.25) is 0 Å². The summed E-state index contributed by atoms with van der Waals surface area (Å²) in [5, 5.41) is 5.20. The van der Waals surface area contributed by atoms with Crippen LogP contribution in [0.1, 0.15) is 11.8 Å². The van der Waals surface area contributed by atoms with Crippen molar-refractivity contribution in [2.24, 2.45) is 0 Å². The molecule has 2 rings (SSSR count). The van der Waals surface area contributed by atoms with Crippen LogP contribution < -0.4 is 5.32 Å². The molecule has 3 nitrogen and oxygen atoms in total. The number of piperazine rings is 1. The molecule has 0 aliphatic carbocycles. The standard InChI is InChI=1S/C10H13BrN2OS/c1-7-10(14)13(3-2-12-7)5-9-4-8(11)6-15-9/h4,6-7,12H,2-3,5H2,1H3. The molecule has 1 N–H and O–H groups in total. The van der Waals surface area contributed by atoms with Crippen molar-refractivity contribution in [3.63, 3.8) is 0 Å². The van der Waals surface area contributed by atoms with Crippen molar-refractivity contribution in [2.45, 2.75) is 19.5 Å². The molecule has 1 aliphatic heterocycles. The van der Waals surface area contributed by atoms with Crippen molar-refractivity contribution in [3.8, 4) is 0 Å². The molecule has 0 saturated carbocycles. The highest BCUT2D eigenvalue weighted by atomic mass is 79.9. The second-order valence-electron chi connectivity index (χ2n) is 3.67. The zero-order valence-electron chi connectivity index (χ0n) is 8.50. The fraction of sp³-hybridized carbons (Fsp3) is 0.500. The zero-order chi connectivity index (χ0) is 10.8. The molecular formula is C10H13BrN2OS. The molecule has 5 heteroatoms. The van der Waals surface area contributed by atoms with Gasteiger partial charge in [0.05, 0.1) is 12.6 Å². The molecule has 0 aromatic carbocycles. The van der Waals surface area contributed by atoms with Crippen LogP contribution in [0.25, 0.3) is 0 Å². The minimum Gasteiger partial charge on any atom is -0.335 e. The van der Waals surface area contributed by atoms with E-state index in [1.807, 2.05) is 17.2 Å². The highest BCUT2D eigenvalue weighted by Crippen LogP contribution is 2.21. The highest BCUT2D eigenvalue weighted by molar-refractivity contribution is 9.10. The van der Waals surface area contributed by atoms with E-state index in [9.17, 15) is 4.79 Å². The van der Waals surface area contributed by atoms with E-state index in [0.717, 1.165) is 24.1 Å². The minimum atomic E-state index is -0.0397. The SMILES string of the molecule is CC1NCCN(Cc2cc(Br)cs2)C1=O. The predicted octanol–water partition coefficient (Wildman–Crippen LogP) is 1.83. The number of carbonyl (C=O) groups excluding carboxylic acids is 1. The molecule has 1 unspecified atom stereocenters. The number of halogens is 1. The van der Waals surface area contributed by atoms with Gasteiger partial charge in [0.2, 0.25) is 5.91 Å². The Labute approximate surface area is 102 Å². The van der Waals surface area contributed by atoms with Crippen molar-refractivity contribution in [2.75, 3.05) is 13.1 Å². The predicted molar refractivity (Wildman–Crippen MR) is 64.9 cm³/mol. The highest BCUT2D eigenvalue weighted by Gasteiger charge is 2.24. The lowest BCUT2D eigenvalue weighted by Gasteiger charge is -2.31. The Balaban J connectivity index is 2.02. The lowest BCUT2D eigenvalue weighted by Crippen LogP contribution is -2.53. The van der Waals surface area contributed by atoms with Gasteiger partial charge in [-0.1, -0.05) is 0 Å². The van der Waals surface area contributed by atoms with Crippen LogP contribution >= 0.6 is 27.3 Å². The summed E-state index contributed by atoms with van der Waals surface area (Å²) in [5.74, 6) is 0.200. The van der Waals surface area contributed by atoms with Crippen LogP contribution in [0.3, 0.4) is 0 Å². The fourth-order valence-electron chi connectivity index (χ4n) is 1.67. The second-order valence-corrected chi connectivity index (χ2v) is 5.58. The molecule has 1 atom stereocenters. The minimum absolute atomic E-state index is 0.0397. The Hall–Kier alpha value is -0.390. The number of hydrogen-bond acceptors (Lipinski definition) is 3. The summed E-state index contributed by atoms with van der Waals surface area (Å²) in [6, 6.07) is 2.03. The monoisotopic (exact) mass is 288 g/mol. The molecule has 15 heavy (non-hydrogen) atoms. The van der Waals surface area contributed by atoms with Gasteiger partial charge in [-0.3, -0.25) is 4.79 Å². The molecule has 2 heterocycles. The number of nitrogens with one attached hydrogen (secondary N) is 1. The topological polar surface area (TPSA) is 32.3 Å². The van der Waals surface area contributed by atoms with Gasteiger partial charge in [0.15, 0.2) is 0 Å². The Kier molecular flexibility index (Phi) is 3.43. The van der Waals surface area contributed by atoms with E-state index in [1.54, 1.807) is 11.3 Å².